The first-order valence-corrected chi connectivity index (χ1v) is 10.5. The molecule has 28 heavy (non-hydrogen) atoms. The van der Waals surface area contributed by atoms with E-state index in [-0.39, 0.29) is 30.2 Å². The highest BCUT2D eigenvalue weighted by atomic mass is 32.2. The molecule has 0 saturated carbocycles. The Hall–Kier alpha value is -1.98. The fraction of sp³-hybridized carbons (Fsp3) is 0.389. The van der Waals surface area contributed by atoms with Crippen molar-refractivity contribution >= 4 is 10.0 Å². The highest BCUT2D eigenvalue weighted by molar-refractivity contribution is 7.89. The number of nitrogens with one attached hydrogen (secondary N) is 2. The third kappa shape index (κ3) is 3.91. The first-order valence-electron chi connectivity index (χ1n) is 9.05. The van der Waals surface area contributed by atoms with E-state index < -0.39 is 21.7 Å². The van der Waals surface area contributed by atoms with Gasteiger partial charge in [0.2, 0.25) is 10.0 Å². The second-order valence-electron chi connectivity index (χ2n) is 6.92. The molecule has 2 saturated heterocycles. The Bertz CT molecular complexity index is 916. The Morgan fingerprint density at radius 2 is 1.61 bits per heavy atom. The number of piperazine rings is 1. The first-order chi connectivity index (χ1) is 13.4. The van der Waals surface area contributed by atoms with Gasteiger partial charge in [-0.25, -0.2) is 28.1 Å². The van der Waals surface area contributed by atoms with E-state index in [1.54, 1.807) is 12.4 Å². The van der Waals surface area contributed by atoms with E-state index in [9.17, 15) is 17.2 Å². The lowest BCUT2D eigenvalue weighted by atomic mass is 10.1. The fourth-order valence-electron chi connectivity index (χ4n) is 3.68. The maximum Gasteiger partial charge on any atom is 0.243 e. The summed E-state index contributed by atoms with van der Waals surface area (Å²) in [5.41, 5.74) is 7.67. The van der Waals surface area contributed by atoms with E-state index in [2.05, 4.69) is 20.7 Å². The molecule has 2 aromatic rings. The molecule has 2 unspecified atom stereocenters. The van der Waals surface area contributed by atoms with Gasteiger partial charge in [0.05, 0.1) is 11.1 Å². The minimum Gasteiger partial charge on any atom is -0.284 e. The van der Waals surface area contributed by atoms with Gasteiger partial charge in [-0.3, -0.25) is 9.88 Å². The Kier molecular flexibility index (Phi) is 5.39. The summed E-state index contributed by atoms with van der Waals surface area (Å²) in [6.07, 6.45) is 4.42. The van der Waals surface area contributed by atoms with Gasteiger partial charge in [0, 0.05) is 50.7 Å². The van der Waals surface area contributed by atoms with E-state index in [1.807, 2.05) is 12.1 Å². The second-order valence-corrected chi connectivity index (χ2v) is 8.86. The van der Waals surface area contributed by atoms with Gasteiger partial charge < -0.3 is 0 Å². The van der Waals surface area contributed by atoms with Crippen molar-refractivity contribution in [2.45, 2.75) is 23.5 Å². The Morgan fingerprint density at radius 1 is 0.964 bits per heavy atom. The van der Waals surface area contributed by atoms with Crippen LogP contribution in [0.4, 0.5) is 8.78 Å². The molecule has 0 aliphatic carbocycles. The summed E-state index contributed by atoms with van der Waals surface area (Å²) >= 11 is 0. The molecule has 3 heterocycles. The average molecular weight is 409 g/mol. The molecule has 1 aromatic heterocycles. The molecule has 2 N–H and O–H groups in total. The number of nitrogens with zero attached hydrogens (tertiary/aromatic N) is 3. The summed E-state index contributed by atoms with van der Waals surface area (Å²) in [6, 6.07) is 6.45. The molecular formula is C18H21F2N5O2S. The highest BCUT2D eigenvalue weighted by Gasteiger charge is 2.34. The lowest BCUT2D eigenvalue weighted by Gasteiger charge is -2.37. The number of aromatic nitrogens is 1. The van der Waals surface area contributed by atoms with E-state index >= 15 is 0 Å². The number of sulfonamides is 1. The zero-order chi connectivity index (χ0) is 19.7. The van der Waals surface area contributed by atoms with Crippen LogP contribution >= 0.6 is 0 Å². The zero-order valence-corrected chi connectivity index (χ0v) is 15.9. The molecule has 0 spiro atoms. The summed E-state index contributed by atoms with van der Waals surface area (Å²) < 4.78 is 53.5. The standard InChI is InChI=1S/C18H21F2N5O2S/c19-14-9-15(20)11-16(10-14)28(26,27)25-7-5-24(6-8-25)18-12-17(22-23-18)13-1-3-21-4-2-13/h1-4,9-11,17-18,22-23H,5-8,12H2. The lowest BCUT2D eigenvalue weighted by molar-refractivity contribution is 0.123. The first kappa shape index (κ1) is 19.3. The molecule has 1 aromatic carbocycles. The van der Waals surface area contributed by atoms with E-state index in [4.69, 9.17) is 0 Å². The van der Waals surface area contributed by atoms with Gasteiger partial charge in [-0.2, -0.15) is 4.31 Å². The quantitative estimate of drug-likeness (QED) is 0.791. The van der Waals surface area contributed by atoms with Gasteiger partial charge in [-0.1, -0.05) is 0 Å². The van der Waals surface area contributed by atoms with Gasteiger partial charge in [0.25, 0.3) is 0 Å². The SMILES string of the molecule is O=S(=O)(c1cc(F)cc(F)c1)N1CCN(C2CC(c3ccncc3)NN2)CC1. The van der Waals surface area contributed by atoms with Crippen molar-refractivity contribution in [1.29, 1.82) is 0 Å². The minimum atomic E-state index is -3.92. The van der Waals surface area contributed by atoms with E-state index in [0.717, 1.165) is 24.1 Å². The van der Waals surface area contributed by atoms with Gasteiger partial charge in [-0.15, -0.1) is 0 Å². The Labute approximate surface area is 162 Å². The second kappa shape index (κ2) is 7.80. The third-order valence-corrected chi connectivity index (χ3v) is 7.06. The molecule has 4 rings (SSSR count). The van der Waals surface area contributed by atoms with Crippen LogP contribution in [0.3, 0.4) is 0 Å². The average Bonchev–Trinajstić information content (AvgIpc) is 3.18. The van der Waals surface area contributed by atoms with Gasteiger partial charge in [0.1, 0.15) is 11.6 Å². The molecule has 0 bridgehead atoms. The van der Waals surface area contributed by atoms with Crippen LogP contribution in [0.2, 0.25) is 0 Å². The van der Waals surface area contributed by atoms with E-state index in [1.165, 1.54) is 4.31 Å². The van der Waals surface area contributed by atoms with Gasteiger partial charge >= 0.3 is 0 Å². The van der Waals surface area contributed by atoms with Crippen LogP contribution in [0, 0.1) is 11.6 Å². The Balaban J connectivity index is 1.38. The highest BCUT2D eigenvalue weighted by Crippen LogP contribution is 2.25. The molecule has 2 atom stereocenters. The molecule has 2 aliphatic rings. The van der Waals surface area contributed by atoms with Crippen LogP contribution in [0.25, 0.3) is 0 Å². The largest absolute Gasteiger partial charge is 0.284 e. The van der Waals surface area contributed by atoms with Crippen molar-refractivity contribution in [3.8, 4) is 0 Å². The number of hydrogen-bond donors (Lipinski definition) is 2. The zero-order valence-electron chi connectivity index (χ0n) is 15.1. The molecule has 10 heteroatoms. The van der Waals surface area contributed by atoms with Crippen molar-refractivity contribution in [1.82, 2.24) is 25.0 Å². The number of halogens is 2. The van der Waals surface area contributed by atoms with Crippen LogP contribution in [0.5, 0.6) is 0 Å². The van der Waals surface area contributed by atoms with Crippen LogP contribution in [-0.4, -0.2) is 55.0 Å². The monoisotopic (exact) mass is 409 g/mol. The van der Waals surface area contributed by atoms with Crippen molar-refractivity contribution in [2.75, 3.05) is 26.2 Å². The summed E-state index contributed by atoms with van der Waals surface area (Å²) in [5.74, 6) is -1.80. The maximum absolute atomic E-state index is 13.4. The van der Waals surface area contributed by atoms with Crippen molar-refractivity contribution < 1.29 is 17.2 Å². The third-order valence-electron chi connectivity index (χ3n) is 5.18. The summed E-state index contributed by atoms with van der Waals surface area (Å²) in [5, 5.41) is 0. The van der Waals surface area contributed by atoms with Crippen LogP contribution in [-0.2, 0) is 10.0 Å². The fourth-order valence-corrected chi connectivity index (χ4v) is 5.14. The topological polar surface area (TPSA) is 77.6 Å². The van der Waals surface area contributed by atoms with Crippen LogP contribution in [0.15, 0.2) is 47.6 Å². The Morgan fingerprint density at radius 3 is 2.25 bits per heavy atom. The molecule has 7 nitrogen and oxygen atoms in total. The van der Waals surface area contributed by atoms with E-state index in [0.29, 0.717) is 19.2 Å². The van der Waals surface area contributed by atoms with Crippen LogP contribution in [0.1, 0.15) is 18.0 Å². The van der Waals surface area contributed by atoms with Crippen molar-refractivity contribution in [2.24, 2.45) is 0 Å². The predicted octanol–water partition coefficient (Wildman–Crippen LogP) is 1.23. The summed E-state index contributed by atoms with van der Waals surface area (Å²) in [4.78, 5) is 5.85. The molecule has 2 aliphatic heterocycles. The molecule has 150 valence electrons. The summed E-state index contributed by atoms with van der Waals surface area (Å²) in [6.45, 7) is 1.58. The molecule has 2 fully saturated rings. The maximum atomic E-state index is 13.4. The number of benzene rings is 1. The lowest BCUT2D eigenvalue weighted by Crippen LogP contribution is -2.55. The predicted molar refractivity (Wildman–Crippen MR) is 98.3 cm³/mol. The molecule has 0 amide bonds. The van der Waals surface area contributed by atoms with Crippen molar-refractivity contribution in [3.63, 3.8) is 0 Å². The minimum absolute atomic E-state index is 0.0784. The smallest absolute Gasteiger partial charge is 0.243 e. The summed E-state index contributed by atoms with van der Waals surface area (Å²) in [7, 11) is -3.92. The van der Waals surface area contributed by atoms with Gasteiger partial charge in [0.15, 0.2) is 0 Å². The van der Waals surface area contributed by atoms with Crippen LogP contribution < -0.4 is 10.9 Å². The van der Waals surface area contributed by atoms with Crippen molar-refractivity contribution in [3.05, 3.63) is 59.9 Å². The number of pyridine rings is 1. The number of hydrogen-bond acceptors (Lipinski definition) is 6. The number of hydrazine groups is 1. The molecule has 0 radical (unpaired) electrons. The number of rotatable bonds is 4. The molecular weight excluding hydrogens is 388 g/mol. The van der Waals surface area contributed by atoms with Gasteiger partial charge in [-0.05, 0) is 36.2 Å². The normalized spacial score (nSPS) is 24.5.